The molecule has 0 amide bonds. The molecule has 0 aliphatic heterocycles. The number of aliphatic hydroxyl groups is 1. The average Bonchev–Trinajstić information content (AvgIpc) is 2.60. The summed E-state index contributed by atoms with van der Waals surface area (Å²) in [6.07, 6.45) is -1.36. The van der Waals surface area contributed by atoms with E-state index in [-0.39, 0.29) is 11.3 Å². The van der Waals surface area contributed by atoms with Crippen molar-refractivity contribution in [2.24, 2.45) is 0 Å². The lowest BCUT2D eigenvalue weighted by atomic mass is 9.82. The number of halogens is 3. The van der Waals surface area contributed by atoms with Gasteiger partial charge in [0.25, 0.3) is 0 Å². The lowest BCUT2D eigenvalue weighted by molar-refractivity contribution is -0.195. The highest BCUT2D eigenvalue weighted by Gasteiger charge is 2.35. The zero-order valence-corrected chi connectivity index (χ0v) is 17.1. The van der Waals surface area contributed by atoms with E-state index in [0.29, 0.717) is 0 Å². The van der Waals surface area contributed by atoms with Gasteiger partial charge in [-0.3, -0.25) is 0 Å². The molecule has 1 unspecified atom stereocenters. The highest BCUT2D eigenvalue weighted by atomic mass is 19.1. The molecule has 1 heterocycles. The van der Waals surface area contributed by atoms with Gasteiger partial charge in [0.1, 0.15) is 28.8 Å². The monoisotopic (exact) mass is 411 g/mol. The minimum absolute atomic E-state index is 0.109. The maximum absolute atomic E-state index is 14.8. The van der Waals surface area contributed by atoms with Crippen LogP contribution in [0.4, 0.5) is 13.2 Å². The molecule has 0 bridgehead atoms. The van der Waals surface area contributed by atoms with E-state index >= 15 is 0 Å². The maximum atomic E-state index is 14.8. The number of hydrogen-bond donors (Lipinski definition) is 1. The fourth-order valence-corrected chi connectivity index (χ4v) is 2.63. The third-order valence-electron chi connectivity index (χ3n) is 4.35. The molecular weight excluding hydrogens is 387 g/mol. The molecule has 0 saturated heterocycles. The predicted molar refractivity (Wildman–Crippen MR) is 101 cm³/mol. The van der Waals surface area contributed by atoms with Crippen molar-refractivity contribution in [3.63, 3.8) is 0 Å². The first-order valence-corrected chi connectivity index (χ1v) is 8.88. The molecule has 0 aliphatic carbocycles. The number of carbonyl (C=O) groups is 1. The SMILES string of the molecule is COC(=O)c1ccc(F)c(-c2c(F)cc(C(C)(C)C(O)OC(C)(C)C)cc2F)n1. The van der Waals surface area contributed by atoms with Crippen LogP contribution < -0.4 is 0 Å². The molecule has 0 radical (unpaired) electrons. The first-order chi connectivity index (χ1) is 13.3. The smallest absolute Gasteiger partial charge is 0.356 e. The molecule has 0 aliphatic rings. The van der Waals surface area contributed by atoms with Gasteiger partial charge < -0.3 is 14.6 Å². The molecule has 2 aromatic rings. The largest absolute Gasteiger partial charge is 0.464 e. The Balaban J connectivity index is 2.54. The fourth-order valence-electron chi connectivity index (χ4n) is 2.63. The predicted octanol–water partition coefficient (Wildman–Crippen LogP) is 4.36. The number of methoxy groups -OCH3 is 1. The second-order valence-electron chi connectivity index (χ2n) is 8.14. The highest BCUT2D eigenvalue weighted by molar-refractivity contribution is 5.87. The lowest BCUT2D eigenvalue weighted by Gasteiger charge is -2.35. The Kier molecular flexibility index (Phi) is 6.39. The summed E-state index contributed by atoms with van der Waals surface area (Å²) in [5.41, 5.74) is -3.42. The van der Waals surface area contributed by atoms with Crippen molar-refractivity contribution in [2.45, 2.75) is 51.9 Å². The van der Waals surface area contributed by atoms with Gasteiger partial charge in [0.05, 0.1) is 18.3 Å². The second kappa shape index (κ2) is 8.12. The molecule has 2 rings (SSSR count). The van der Waals surface area contributed by atoms with Crippen molar-refractivity contribution in [1.29, 1.82) is 0 Å². The van der Waals surface area contributed by atoms with Crippen molar-refractivity contribution < 1.29 is 32.5 Å². The van der Waals surface area contributed by atoms with E-state index in [9.17, 15) is 23.1 Å². The van der Waals surface area contributed by atoms with Crippen LogP contribution in [0.5, 0.6) is 0 Å². The van der Waals surface area contributed by atoms with Gasteiger partial charge in [0, 0.05) is 5.41 Å². The highest BCUT2D eigenvalue weighted by Crippen LogP contribution is 2.35. The number of hydrogen-bond acceptors (Lipinski definition) is 5. The van der Waals surface area contributed by atoms with Gasteiger partial charge in [0.15, 0.2) is 6.29 Å². The molecule has 158 valence electrons. The molecule has 5 nitrogen and oxygen atoms in total. The van der Waals surface area contributed by atoms with E-state index in [1.165, 1.54) is 0 Å². The van der Waals surface area contributed by atoms with Gasteiger partial charge in [-0.1, -0.05) is 13.8 Å². The van der Waals surface area contributed by atoms with Crippen LogP contribution in [0.15, 0.2) is 24.3 Å². The second-order valence-corrected chi connectivity index (χ2v) is 8.14. The van der Waals surface area contributed by atoms with Crippen LogP contribution in [0.2, 0.25) is 0 Å². The first-order valence-electron chi connectivity index (χ1n) is 8.88. The Bertz CT molecular complexity index is 900. The van der Waals surface area contributed by atoms with Crippen LogP contribution in [-0.4, -0.2) is 35.1 Å². The normalized spacial score (nSPS) is 13.3. The van der Waals surface area contributed by atoms with Crippen molar-refractivity contribution in [1.82, 2.24) is 4.98 Å². The van der Waals surface area contributed by atoms with Crippen molar-refractivity contribution >= 4 is 5.97 Å². The summed E-state index contributed by atoms with van der Waals surface area (Å²) in [6.45, 7) is 8.33. The molecule has 0 fully saturated rings. The standard InChI is InChI=1S/C21H24F3NO4/c1-20(2,3)29-19(27)21(4,5)11-9-13(23)16(14(24)10-11)17-12(22)7-8-15(25-17)18(26)28-6/h7-10,19,27H,1-6H3. The van der Waals surface area contributed by atoms with E-state index in [2.05, 4.69) is 9.72 Å². The number of pyridine rings is 1. The van der Waals surface area contributed by atoms with Crippen LogP contribution in [0.1, 0.15) is 50.7 Å². The van der Waals surface area contributed by atoms with E-state index in [1.54, 1.807) is 34.6 Å². The Morgan fingerprint density at radius 1 is 1.03 bits per heavy atom. The number of esters is 1. The minimum atomic E-state index is -1.36. The summed E-state index contributed by atoms with van der Waals surface area (Å²) in [4.78, 5) is 15.3. The maximum Gasteiger partial charge on any atom is 0.356 e. The number of aliphatic hydroxyl groups excluding tert-OH is 1. The van der Waals surface area contributed by atoms with Crippen LogP contribution in [0.25, 0.3) is 11.3 Å². The van der Waals surface area contributed by atoms with Gasteiger partial charge >= 0.3 is 5.97 Å². The molecule has 0 saturated carbocycles. The van der Waals surface area contributed by atoms with E-state index in [1.807, 2.05) is 0 Å². The number of carbonyl (C=O) groups excluding carboxylic acids is 1. The molecule has 29 heavy (non-hydrogen) atoms. The number of aromatic nitrogens is 1. The zero-order valence-electron chi connectivity index (χ0n) is 17.1. The topological polar surface area (TPSA) is 68.7 Å². The summed E-state index contributed by atoms with van der Waals surface area (Å²) >= 11 is 0. The van der Waals surface area contributed by atoms with Crippen molar-refractivity contribution in [2.75, 3.05) is 7.11 Å². The third-order valence-corrected chi connectivity index (χ3v) is 4.35. The molecule has 1 aromatic carbocycles. The quantitative estimate of drug-likeness (QED) is 0.585. The number of benzene rings is 1. The molecule has 1 aromatic heterocycles. The average molecular weight is 411 g/mol. The zero-order chi connectivity index (χ0) is 22.1. The fraction of sp³-hybridized carbons (Fsp3) is 0.429. The van der Waals surface area contributed by atoms with Gasteiger partial charge in [-0.05, 0) is 50.6 Å². The summed E-state index contributed by atoms with van der Waals surface area (Å²) in [5, 5.41) is 10.4. The van der Waals surface area contributed by atoms with Crippen LogP contribution in [-0.2, 0) is 14.9 Å². The van der Waals surface area contributed by atoms with Crippen LogP contribution >= 0.6 is 0 Å². The van der Waals surface area contributed by atoms with Gasteiger partial charge in [-0.25, -0.2) is 22.9 Å². The minimum Gasteiger partial charge on any atom is -0.464 e. The number of ether oxygens (including phenoxy) is 2. The Hall–Kier alpha value is -2.45. The van der Waals surface area contributed by atoms with Crippen LogP contribution in [0, 0.1) is 17.5 Å². The lowest BCUT2D eigenvalue weighted by Crippen LogP contribution is -2.41. The number of nitrogens with zero attached hydrogens (tertiary/aromatic N) is 1. The van der Waals surface area contributed by atoms with E-state index < -0.39 is 52.0 Å². The molecular formula is C21H24F3NO4. The summed E-state index contributed by atoms with van der Waals surface area (Å²) < 4.78 is 53.9. The summed E-state index contributed by atoms with van der Waals surface area (Å²) in [7, 11) is 1.11. The number of rotatable bonds is 5. The molecule has 0 spiro atoms. The van der Waals surface area contributed by atoms with E-state index in [0.717, 1.165) is 31.4 Å². The van der Waals surface area contributed by atoms with Crippen molar-refractivity contribution in [3.05, 3.63) is 53.0 Å². The first kappa shape index (κ1) is 22.8. The van der Waals surface area contributed by atoms with Crippen LogP contribution in [0.3, 0.4) is 0 Å². The molecule has 1 N–H and O–H groups in total. The molecule has 8 heteroatoms. The van der Waals surface area contributed by atoms with Gasteiger partial charge in [-0.2, -0.15) is 0 Å². The Labute approximate surface area is 167 Å². The van der Waals surface area contributed by atoms with Gasteiger partial charge in [0.2, 0.25) is 0 Å². The van der Waals surface area contributed by atoms with Gasteiger partial charge in [-0.15, -0.1) is 0 Å². The third kappa shape index (κ3) is 4.94. The Morgan fingerprint density at radius 2 is 1.59 bits per heavy atom. The van der Waals surface area contributed by atoms with E-state index in [4.69, 9.17) is 4.74 Å². The summed E-state index contributed by atoms with van der Waals surface area (Å²) in [6, 6.07) is 3.91. The summed E-state index contributed by atoms with van der Waals surface area (Å²) in [5.74, 6) is -4.06. The molecule has 1 atom stereocenters. The van der Waals surface area contributed by atoms with Crippen molar-refractivity contribution in [3.8, 4) is 11.3 Å². The Morgan fingerprint density at radius 3 is 2.07 bits per heavy atom.